The van der Waals surface area contributed by atoms with E-state index in [9.17, 15) is 14.4 Å². The van der Waals surface area contributed by atoms with Crippen molar-refractivity contribution in [1.82, 2.24) is 10.2 Å². The number of anilines is 1. The van der Waals surface area contributed by atoms with Crippen LogP contribution in [-0.2, 0) is 19.9 Å². The molecule has 3 heterocycles. The van der Waals surface area contributed by atoms with Gasteiger partial charge in [-0.3, -0.25) is 24.6 Å². The topological polar surface area (TPSA) is 78.5 Å². The molecule has 5 unspecified atom stereocenters. The van der Waals surface area contributed by atoms with Gasteiger partial charge in [-0.15, -0.1) is 0 Å². The molecule has 3 aliphatic rings. The first-order valence-electron chi connectivity index (χ1n) is 10.0. The van der Waals surface area contributed by atoms with Crippen LogP contribution in [0, 0.1) is 18.8 Å². The summed E-state index contributed by atoms with van der Waals surface area (Å²) in [7, 11) is 0. The Morgan fingerprint density at radius 1 is 1.28 bits per heavy atom. The Morgan fingerprint density at radius 3 is 2.66 bits per heavy atom. The van der Waals surface area contributed by atoms with Gasteiger partial charge in [0, 0.05) is 28.4 Å². The molecule has 6 nitrogen and oxygen atoms in total. The maximum atomic E-state index is 13.6. The van der Waals surface area contributed by atoms with E-state index in [1.807, 2.05) is 27.0 Å². The summed E-state index contributed by atoms with van der Waals surface area (Å²) >= 11 is 8.02. The second-order valence-electron chi connectivity index (χ2n) is 8.25. The minimum absolute atomic E-state index is 0.162. The van der Waals surface area contributed by atoms with Crippen LogP contribution < -0.4 is 10.6 Å². The molecule has 0 aromatic heterocycles. The molecule has 1 aromatic rings. The highest BCUT2D eigenvalue weighted by Gasteiger charge is 2.70. The van der Waals surface area contributed by atoms with Gasteiger partial charge < -0.3 is 5.32 Å². The number of rotatable bonds is 5. The number of benzene rings is 1. The maximum Gasteiger partial charge on any atom is 0.250 e. The number of nitrogens with one attached hydrogen (secondary N) is 2. The van der Waals surface area contributed by atoms with Crippen molar-refractivity contribution < 1.29 is 14.4 Å². The van der Waals surface area contributed by atoms with Crippen LogP contribution in [0.3, 0.4) is 0 Å². The Morgan fingerprint density at radius 2 is 2.00 bits per heavy atom. The molecule has 29 heavy (non-hydrogen) atoms. The molecular formula is C21H26ClN3O3S. The lowest BCUT2D eigenvalue weighted by Crippen LogP contribution is -2.54. The summed E-state index contributed by atoms with van der Waals surface area (Å²) in [6.45, 7) is 5.73. The number of carbonyl (C=O) groups is 3. The van der Waals surface area contributed by atoms with E-state index in [4.69, 9.17) is 11.6 Å². The summed E-state index contributed by atoms with van der Waals surface area (Å²) in [4.78, 5) is 41.7. The number of imide groups is 1. The first kappa shape index (κ1) is 20.7. The number of nitrogens with zero attached hydrogens (tertiary/aromatic N) is 1. The average molecular weight is 436 g/mol. The van der Waals surface area contributed by atoms with E-state index in [1.54, 1.807) is 23.9 Å². The monoisotopic (exact) mass is 435 g/mol. The number of likely N-dealkylation sites (tertiary alicyclic amines) is 1. The van der Waals surface area contributed by atoms with Crippen molar-refractivity contribution in [3.05, 3.63) is 28.3 Å². The van der Waals surface area contributed by atoms with E-state index in [2.05, 4.69) is 10.6 Å². The molecule has 3 amide bonds. The summed E-state index contributed by atoms with van der Waals surface area (Å²) in [5.74, 6) is -1.15. The van der Waals surface area contributed by atoms with Gasteiger partial charge in [0.15, 0.2) is 0 Å². The molecule has 2 saturated heterocycles. The molecular weight excluding hydrogens is 410 g/mol. The smallest absolute Gasteiger partial charge is 0.250 e. The molecule has 1 aromatic carbocycles. The van der Waals surface area contributed by atoms with Crippen LogP contribution in [0.1, 0.15) is 37.8 Å². The van der Waals surface area contributed by atoms with Gasteiger partial charge in [0.1, 0.15) is 5.54 Å². The van der Waals surface area contributed by atoms with Gasteiger partial charge in [0.2, 0.25) is 17.7 Å². The maximum absolute atomic E-state index is 13.6. The highest BCUT2D eigenvalue weighted by atomic mass is 35.5. The predicted octanol–water partition coefficient (Wildman–Crippen LogP) is 2.92. The molecule has 156 valence electrons. The third-order valence-corrected chi connectivity index (χ3v) is 7.55. The summed E-state index contributed by atoms with van der Waals surface area (Å²) in [5.41, 5.74) is 0.965. The number of halogens is 1. The molecule has 8 heteroatoms. The Hall–Kier alpha value is -1.57. The van der Waals surface area contributed by atoms with E-state index in [-0.39, 0.29) is 29.8 Å². The zero-order chi connectivity index (χ0) is 21.1. The van der Waals surface area contributed by atoms with Gasteiger partial charge >= 0.3 is 0 Å². The van der Waals surface area contributed by atoms with E-state index in [0.717, 1.165) is 11.3 Å². The molecule has 0 bridgehead atoms. The highest BCUT2D eigenvalue weighted by Crippen LogP contribution is 2.54. The second-order valence-corrected chi connectivity index (χ2v) is 9.67. The Labute approximate surface area is 180 Å². The molecule has 4 rings (SSSR count). The van der Waals surface area contributed by atoms with Crippen molar-refractivity contribution in [2.75, 3.05) is 17.3 Å². The van der Waals surface area contributed by atoms with E-state index in [1.165, 1.54) is 4.90 Å². The quantitative estimate of drug-likeness (QED) is 0.695. The van der Waals surface area contributed by atoms with Gasteiger partial charge in [0.05, 0.1) is 11.8 Å². The molecule has 0 radical (unpaired) electrons. The fourth-order valence-electron chi connectivity index (χ4n) is 5.17. The number of aryl methyl sites for hydroxylation is 1. The number of hydrogen-bond donors (Lipinski definition) is 2. The van der Waals surface area contributed by atoms with Crippen molar-refractivity contribution in [2.45, 2.75) is 51.2 Å². The first-order chi connectivity index (χ1) is 13.8. The molecule has 3 aliphatic heterocycles. The summed E-state index contributed by atoms with van der Waals surface area (Å²) in [6.07, 6.45) is 3.40. The molecule has 1 spiro atoms. The molecule has 0 saturated carbocycles. The van der Waals surface area contributed by atoms with E-state index >= 15 is 0 Å². The van der Waals surface area contributed by atoms with Crippen LogP contribution in [-0.4, -0.2) is 46.7 Å². The minimum Gasteiger partial charge on any atom is -0.324 e. The van der Waals surface area contributed by atoms with Gasteiger partial charge in [-0.05, 0) is 56.4 Å². The Balaban J connectivity index is 1.89. The predicted molar refractivity (Wildman–Crippen MR) is 115 cm³/mol. The Bertz CT molecular complexity index is 907. The van der Waals surface area contributed by atoms with Crippen molar-refractivity contribution >= 4 is 46.8 Å². The number of fused-ring (bicyclic) bond motifs is 4. The fourth-order valence-corrected chi connectivity index (χ4v) is 5.93. The third-order valence-electron chi connectivity index (χ3n) is 6.68. The van der Waals surface area contributed by atoms with Gasteiger partial charge in [-0.2, -0.15) is 11.8 Å². The zero-order valence-electron chi connectivity index (χ0n) is 17.0. The standard InChI is InChI=1S/C21H26ClN3O3S/c1-5-11(3)25-18(26)15-14(6-7-29-4)24-21(16(15)19(25)27)13-9-12(22)8-10(2)17(13)23-20(21)28/h8-9,11,14-16,24H,5-7H2,1-4H3,(H,23,28). The van der Waals surface area contributed by atoms with Crippen LogP contribution in [0.15, 0.2) is 12.1 Å². The average Bonchev–Trinajstić information content (AvgIpc) is 3.25. The highest BCUT2D eigenvalue weighted by molar-refractivity contribution is 7.98. The number of carbonyl (C=O) groups excluding carboxylic acids is 3. The summed E-state index contributed by atoms with van der Waals surface area (Å²) in [5, 5.41) is 6.92. The van der Waals surface area contributed by atoms with Crippen LogP contribution in [0.2, 0.25) is 5.02 Å². The molecule has 2 N–H and O–H groups in total. The Kier molecular flexibility index (Phi) is 5.20. The van der Waals surface area contributed by atoms with Crippen LogP contribution in [0.4, 0.5) is 5.69 Å². The fraction of sp³-hybridized carbons (Fsp3) is 0.571. The molecule has 5 atom stereocenters. The summed E-state index contributed by atoms with van der Waals surface area (Å²) in [6, 6.07) is 3.12. The SMILES string of the molecule is CCC(C)N1C(=O)C2C(CCSC)NC3(C(=O)Nc4c(C)cc(Cl)cc43)C2C1=O. The van der Waals surface area contributed by atoms with Gasteiger partial charge in [-0.25, -0.2) is 0 Å². The largest absolute Gasteiger partial charge is 0.324 e. The first-order valence-corrected chi connectivity index (χ1v) is 11.8. The minimum atomic E-state index is -1.26. The number of thioether (sulfide) groups is 1. The molecule has 2 fully saturated rings. The van der Waals surface area contributed by atoms with Gasteiger partial charge in [0.25, 0.3) is 0 Å². The third kappa shape index (κ3) is 2.77. The molecule has 0 aliphatic carbocycles. The van der Waals surface area contributed by atoms with Crippen molar-refractivity contribution in [3.63, 3.8) is 0 Å². The van der Waals surface area contributed by atoms with Crippen molar-refractivity contribution in [3.8, 4) is 0 Å². The zero-order valence-corrected chi connectivity index (χ0v) is 18.6. The van der Waals surface area contributed by atoms with Gasteiger partial charge in [-0.1, -0.05) is 18.5 Å². The lowest BCUT2D eigenvalue weighted by atomic mass is 9.76. The van der Waals surface area contributed by atoms with Crippen molar-refractivity contribution in [1.29, 1.82) is 0 Å². The van der Waals surface area contributed by atoms with E-state index in [0.29, 0.717) is 29.1 Å². The lowest BCUT2D eigenvalue weighted by Gasteiger charge is -2.31. The summed E-state index contributed by atoms with van der Waals surface area (Å²) < 4.78 is 0. The van der Waals surface area contributed by atoms with Crippen LogP contribution >= 0.6 is 23.4 Å². The lowest BCUT2D eigenvalue weighted by molar-refractivity contribution is -0.145. The normalized spacial score (nSPS) is 31.4. The second kappa shape index (κ2) is 7.29. The number of hydrogen-bond acceptors (Lipinski definition) is 5. The van der Waals surface area contributed by atoms with Crippen LogP contribution in [0.25, 0.3) is 0 Å². The van der Waals surface area contributed by atoms with Crippen LogP contribution in [0.5, 0.6) is 0 Å². The van der Waals surface area contributed by atoms with Crippen molar-refractivity contribution in [2.24, 2.45) is 11.8 Å². The number of amides is 3. The van der Waals surface area contributed by atoms with E-state index < -0.39 is 17.4 Å².